The van der Waals surface area contributed by atoms with Crippen LogP contribution < -0.4 is 5.32 Å². The van der Waals surface area contributed by atoms with Gasteiger partial charge in [0.25, 0.3) is 0 Å². The molecule has 1 saturated heterocycles. The standard InChI is InChI=1S/C22H32N2O5/c1-3-4-15-29-22(28)18(13-12-17-9-6-5-7-10-17)23-16(2)20(25)24-14-8-11-19(24)21(26)27/h5-7,9-10,16,18-19,23H,3-4,8,11-15H2,1-2H3,(H,26,27)/t16-,18-,19-/m0/s1. The van der Waals surface area contributed by atoms with Gasteiger partial charge in [-0.2, -0.15) is 0 Å². The number of nitrogens with one attached hydrogen (secondary N) is 1. The predicted octanol–water partition coefficient (Wildman–Crippen LogP) is 2.38. The lowest BCUT2D eigenvalue weighted by atomic mass is 10.0. The maximum absolute atomic E-state index is 12.8. The molecule has 0 saturated carbocycles. The van der Waals surface area contributed by atoms with Crippen molar-refractivity contribution in [3.63, 3.8) is 0 Å². The van der Waals surface area contributed by atoms with Crippen LogP contribution in [0.4, 0.5) is 0 Å². The van der Waals surface area contributed by atoms with Crippen LogP contribution in [0.5, 0.6) is 0 Å². The van der Waals surface area contributed by atoms with Crippen molar-refractivity contribution in [2.45, 2.75) is 70.5 Å². The summed E-state index contributed by atoms with van der Waals surface area (Å²) in [6.07, 6.45) is 4.02. The van der Waals surface area contributed by atoms with Crippen molar-refractivity contribution in [3.8, 4) is 0 Å². The zero-order valence-corrected chi connectivity index (χ0v) is 17.3. The van der Waals surface area contributed by atoms with Crippen LogP contribution in [0.2, 0.25) is 0 Å². The molecule has 0 aliphatic carbocycles. The summed E-state index contributed by atoms with van der Waals surface area (Å²) >= 11 is 0. The lowest BCUT2D eigenvalue weighted by Crippen LogP contribution is -2.53. The van der Waals surface area contributed by atoms with Crippen LogP contribution in [-0.2, 0) is 25.5 Å². The van der Waals surface area contributed by atoms with Gasteiger partial charge in [-0.15, -0.1) is 0 Å². The molecular weight excluding hydrogens is 372 g/mol. The number of unbranched alkanes of at least 4 members (excludes halogenated alkanes) is 1. The number of likely N-dealkylation sites (tertiary alicyclic amines) is 1. The van der Waals surface area contributed by atoms with Crippen LogP contribution in [-0.4, -0.2) is 59.1 Å². The van der Waals surface area contributed by atoms with Crippen LogP contribution in [0.3, 0.4) is 0 Å². The van der Waals surface area contributed by atoms with Crippen LogP contribution in [0, 0.1) is 0 Å². The molecule has 0 aromatic heterocycles. The molecule has 2 N–H and O–H groups in total. The first-order chi connectivity index (χ1) is 13.9. The van der Waals surface area contributed by atoms with Gasteiger partial charge in [0.2, 0.25) is 5.91 Å². The number of amides is 1. The van der Waals surface area contributed by atoms with Gasteiger partial charge in [0.15, 0.2) is 0 Å². The number of carbonyl (C=O) groups is 3. The van der Waals surface area contributed by atoms with Gasteiger partial charge in [-0.05, 0) is 44.6 Å². The number of carboxylic acids is 1. The van der Waals surface area contributed by atoms with Crippen molar-refractivity contribution >= 4 is 17.8 Å². The van der Waals surface area contributed by atoms with Gasteiger partial charge < -0.3 is 14.7 Å². The molecule has 1 amide bonds. The molecule has 1 fully saturated rings. The average molecular weight is 405 g/mol. The third-order valence-electron chi connectivity index (χ3n) is 5.23. The van der Waals surface area contributed by atoms with Crippen LogP contribution >= 0.6 is 0 Å². The highest BCUT2D eigenvalue weighted by molar-refractivity contribution is 5.88. The second-order valence-electron chi connectivity index (χ2n) is 7.51. The smallest absolute Gasteiger partial charge is 0.326 e. The third kappa shape index (κ3) is 6.85. The van der Waals surface area contributed by atoms with Crippen molar-refractivity contribution < 1.29 is 24.2 Å². The van der Waals surface area contributed by atoms with E-state index in [9.17, 15) is 19.5 Å². The summed E-state index contributed by atoms with van der Waals surface area (Å²) in [7, 11) is 0. The zero-order chi connectivity index (χ0) is 21.2. The molecule has 160 valence electrons. The Kier molecular flexibility index (Phi) is 9.12. The maximum atomic E-state index is 12.8. The fraction of sp³-hybridized carbons (Fsp3) is 0.591. The summed E-state index contributed by atoms with van der Waals surface area (Å²) in [6.45, 7) is 4.48. The van der Waals surface area contributed by atoms with Crippen LogP contribution in [0.1, 0.15) is 51.5 Å². The number of hydrogen-bond acceptors (Lipinski definition) is 5. The third-order valence-corrected chi connectivity index (χ3v) is 5.23. The summed E-state index contributed by atoms with van der Waals surface area (Å²) in [5.74, 6) is -1.64. The molecule has 1 aromatic carbocycles. The number of carboxylic acid groups (broad SMARTS) is 1. The van der Waals surface area contributed by atoms with Crippen molar-refractivity contribution in [1.29, 1.82) is 0 Å². The molecule has 0 radical (unpaired) electrons. The van der Waals surface area contributed by atoms with Gasteiger partial charge in [0.05, 0.1) is 12.6 Å². The molecule has 3 atom stereocenters. The van der Waals surface area contributed by atoms with Gasteiger partial charge in [0.1, 0.15) is 12.1 Å². The number of nitrogens with zero attached hydrogens (tertiary/aromatic N) is 1. The van der Waals surface area contributed by atoms with E-state index in [0.29, 0.717) is 38.8 Å². The lowest BCUT2D eigenvalue weighted by Gasteiger charge is -2.28. The maximum Gasteiger partial charge on any atom is 0.326 e. The Morgan fingerprint density at radius 2 is 2.00 bits per heavy atom. The number of ether oxygens (including phenoxy) is 1. The minimum atomic E-state index is -0.984. The lowest BCUT2D eigenvalue weighted by molar-refractivity contribution is -0.150. The highest BCUT2D eigenvalue weighted by atomic mass is 16.5. The minimum absolute atomic E-state index is 0.291. The van der Waals surface area contributed by atoms with Crippen LogP contribution in [0.25, 0.3) is 0 Å². The van der Waals surface area contributed by atoms with Crippen LogP contribution in [0.15, 0.2) is 30.3 Å². The molecule has 0 spiro atoms. The molecule has 7 heteroatoms. The number of esters is 1. The van der Waals surface area contributed by atoms with Crippen molar-refractivity contribution in [2.24, 2.45) is 0 Å². The Morgan fingerprint density at radius 3 is 2.66 bits per heavy atom. The van der Waals surface area contributed by atoms with Gasteiger partial charge in [-0.1, -0.05) is 43.7 Å². The second-order valence-corrected chi connectivity index (χ2v) is 7.51. The summed E-state index contributed by atoms with van der Waals surface area (Å²) < 4.78 is 5.38. The first kappa shape index (κ1) is 22.9. The van der Waals surface area contributed by atoms with Crippen molar-refractivity contribution in [1.82, 2.24) is 10.2 Å². The number of carbonyl (C=O) groups excluding carboxylic acids is 2. The average Bonchev–Trinajstić information content (AvgIpc) is 3.21. The minimum Gasteiger partial charge on any atom is -0.480 e. The first-order valence-electron chi connectivity index (χ1n) is 10.4. The molecular formula is C22H32N2O5. The molecule has 1 aromatic rings. The van der Waals surface area contributed by atoms with Gasteiger partial charge in [0, 0.05) is 6.54 Å². The Balaban J connectivity index is 2.01. The molecule has 0 unspecified atom stereocenters. The molecule has 2 rings (SSSR count). The monoisotopic (exact) mass is 404 g/mol. The Labute approximate surface area is 172 Å². The van der Waals surface area contributed by atoms with E-state index in [1.165, 1.54) is 4.90 Å². The predicted molar refractivity (Wildman–Crippen MR) is 109 cm³/mol. The highest BCUT2D eigenvalue weighted by Crippen LogP contribution is 2.19. The van der Waals surface area contributed by atoms with E-state index < -0.39 is 24.1 Å². The summed E-state index contributed by atoms with van der Waals surface area (Å²) in [5, 5.41) is 12.4. The van der Waals surface area contributed by atoms with Crippen molar-refractivity contribution in [2.75, 3.05) is 13.2 Å². The number of benzene rings is 1. The Bertz CT molecular complexity index is 679. The first-order valence-corrected chi connectivity index (χ1v) is 10.4. The van der Waals surface area contributed by atoms with E-state index in [2.05, 4.69) is 5.32 Å². The number of aryl methyl sites for hydroxylation is 1. The molecule has 1 heterocycles. The SMILES string of the molecule is CCCCOC(=O)[C@H](CCc1ccccc1)N[C@@H](C)C(=O)N1CCC[C@H]1C(=O)O. The van der Waals surface area contributed by atoms with Gasteiger partial charge in [-0.3, -0.25) is 14.9 Å². The molecule has 0 bridgehead atoms. The number of rotatable bonds is 11. The Morgan fingerprint density at radius 1 is 1.28 bits per heavy atom. The van der Waals surface area contributed by atoms with Gasteiger partial charge in [-0.25, -0.2) is 4.79 Å². The van der Waals surface area contributed by atoms with E-state index in [0.717, 1.165) is 18.4 Å². The van der Waals surface area contributed by atoms with E-state index >= 15 is 0 Å². The van der Waals surface area contributed by atoms with Crippen molar-refractivity contribution in [3.05, 3.63) is 35.9 Å². The summed E-state index contributed by atoms with van der Waals surface area (Å²) in [5.41, 5.74) is 1.10. The number of aliphatic carboxylic acids is 1. The van der Waals surface area contributed by atoms with E-state index in [-0.39, 0.29) is 11.9 Å². The normalized spacial score (nSPS) is 18.3. The second kappa shape index (κ2) is 11.6. The Hall–Kier alpha value is -2.41. The topological polar surface area (TPSA) is 95.9 Å². The largest absolute Gasteiger partial charge is 0.480 e. The molecule has 1 aliphatic heterocycles. The van der Waals surface area contributed by atoms with Gasteiger partial charge >= 0.3 is 11.9 Å². The zero-order valence-electron chi connectivity index (χ0n) is 17.3. The highest BCUT2D eigenvalue weighted by Gasteiger charge is 2.37. The molecule has 7 nitrogen and oxygen atoms in total. The van der Waals surface area contributed by atoms with E-state index in [1.807, 2.05) is 37.3 Å². The fourth-order valence-corrected chi connectivity index (χ4v) is 3.55. The summed E-state index contributed by atoms with van der Waals surface area (Å²) in [6, 6.07) is 7.74. The van der Waals surface area contributed by atoms with E-state index in [4.69, 9.17) is 4.74 Å². The van der Waals surface area contributed by atoms with E-state index in [1.54, 1.807) is 6.92 Å². The fourth-order valence-electron chi connectivity index (χ4n) is 3.55. The molecule has 29 heavy (non-hydrogen) atoms. The number of hydrogen-bond donors (Lipinski definition) is 2. The quantitative estimate of drug-likeness (QED) is 0.434. The molecule has 1 aliphatic rings. The summed E-state index contributed by atoms with van der Waals surface area (Å²) in [4.78, 5) is 38.2.